The molecule has 2 aromatic rings. The van der Waals surface area contributed by atoms with Crippen molar-refractivity contribution in [1.29, 1.82) is 0 Å². The molecule has 0 spiro atoms. The second-order valence-electron chi connectivity index (χ2n) is 6.90. The number of carbonyl (C=O) groups excluding carboxylic acids is 2. The van der Waals surface area contributed by atoms with E-state index in [2.05, 4.69) is 22.3 Å². The van der Waals surface area contributed by atoms with Crippen molar-refractivity contribution in [2.75, 3.05) is 19.6 Å². The topological polar surface area (TPSA) is 49.4 Å². The van der Waals surface area contributed by atoms with E-state index in [4.69, 9.17) is 11.6 Å². The number of hydrogen-bond donors (Lipinski definition) is 1. The minimum absolute atomic E-state index is 0.0408. The first-order chi connectivity index (χ1) is 13.1. The third-order valence-corrected chi connectivity index (χ3v) is 5.26. The van der Waals surface area contributed by atoms with Crippen LogP contribution in [-0.4, -0.2) is 36.2 Å². The van der Waals surface area contributed by atoms with Gasteiger partial charge >= 0.3 is 0 Å². The molecule has 2 aromatic carbocycles. The molecule has 27 heavy (non-hydrogen) atoms. The second kappa shape index (κ2) is 9.67. The number of nitrogens with zero attached hydrogens (tertiary/aromatic N) is 1. The van der Waals surface area contributed by atoms with Crippen LogP contribution in [0.1, 0.15) is 47.6 Å². The normalized spacial score (nSPS) is 15.4. The molecule has 1 fully saturated rings. The van der Waals surface area contributed by atoms with Gasteiger partial charge < -0.3 is 5.32 Å². The number of nitrogens with one attached hydrogen (secondary N) is 1. The third-order valence-electron chi connectivity index (χ3n) is 5.00. The number of Topliss-reactive ketones (excluding diaryl/α,β-unsaturated/α-hetero) is 1. The fourth-order valence-corrected chi connectivity index (χ4v) is 3.62. The molecule has 1 heterocycles. The van der Waals surface area contributed by atoms with Crippen LogP contribution in [0.4, 0.5) is 0 Å². The fourth-order valence-electron chi connectivity index (χ4n) is 3.49. The maximum atomic E-state index is 12.3. The molecule has 1 saturated heterocycles. The largest absolute Gasteiger partial charge is 0.354 e. The summed E-state index contributed by atoms with van der Waals surface area (Å²) in [6, 6.07) is 17.2. The van der Waals surface area contributed by atoms with E-state index in [1.165, 1.54) is 18.4 Å². The van der Waals surface area contributed by atoms with Gasteiger partial charge in [-0.05, 0) is 55.8 Å². The van der Waals surface area contributed by atoms with Gasteiger partial charge in [-0.25, -0.2) is 0 Å². The first-order valence-electron chi connectivity index (χ1n) is 9.48. The van der Waals surface area contributed by atoms with Gasteiger partial charge in [0, 0.05) is 30.0 Å². The Hall–Kier alpha value is -2.17. The van der Waals surface area contributed by atoms with E-state index in [0.29, 0.717) is 17.1 Å². The highest BCUT2D eigenvalue weighted by Gasteiger charge is 2.23. The number of likely N-dealkylation sites (tertiary alicyclic amines) is 1. The zero-order valence-electron chi connectivity index (χ0n) is 15.4. The Morgan fingerprint density at radius 1 is 0.963 bits per heavy atom. The molecule has 5 heteroatoms. The lowest BCUT2D eigenvalue weighted by atomic mass is 10.0. The lowest BCUT2D eigenvalue weighted by Gasteiger charge is -2.28. The smallest absolute Gasteiger partial charge is 0.220 e. The molecule has 0 aliphatic carbocycles. The fraction of sp³-hybridized carbons (Fsp3) is 0.364. The van der Waals surface area contributed by atoms with E-state index in [1.807, 2.05) is 18.2 Å². The molecule has 0 bridgehead atoms. The van der Waals surface area contributed by atoms with Gasteiger partial charge in [0.2, 0.25) is 5.91 Å². The van der Waals surface area contributed by atoms with Crippen LogP contribution < -0.4 is 5.32 Å². The Labute approximate surface area is 165 Å². The predicted octanol–water partition coefficient (Wildman–Crippen LogP) is 4.26. The minimum Gasteiger partial charge on any atom is -0.354 e. The van der Waals surface area contributed by atoms with Crippen molar-refractivity contribution < 1.29 is 9.59 Å². The Balaban J connectivity index is 1.51. The summed E-state index contributed by atoms with van der Waals surface area (Å²) < 4.78 is 0. The molecular formula is C22H25ClN2O2. The molecule has 1 N–H and O–H groups in total. The minimum atomic E-state index is -0.0857. The van der Waals surface area contributed by atoms with Crippen LogP contribution in [0.3, 0.4) is 0 Å². The van der Waals surface area contributed by atoms with Crippen molar-refractivity contribution in [3.63, 3.8) is 0 Å². The highest BCUT2D eigenvalue weighted by atomic mass is 35.5. The van der Waals surface area contributed by atoms with Gasteiger partial charge in [0.25, 0.3) is 0 Å². The van der Waals surface area contributed by atoms with E-state index in [0.717, 1.165) is 13.1 Å². The van der Waals surface area contributed by atoms with Crippen LogP contribution in [0, 0.1) is 0 Å². The molecule has 0 aromatic heterocycles. The maximum absolute atomic E-state index is 12.3. The van der Waals surface area contributed by atoms with Crippen molar-refractivity contribution in [3.05, 3.63) is 70.7 Å². The van der Waals surface area contributed by atoms with Crippen LogP contribution in [0.25, 0.3) is 0 Å². The summed E-state index contributed by atoms with van der Waals surface area (Å²) in [5.74, 6) is -0.126. The molecule has 1 amide bonds. The Kier molecular flexibility index (Phi) is 7.02. The molecule has 1 atom stereocenters. The second-order valence-corrected chi connectivity index (χ2v) is 7.34. The van der Waals surface area contributed by atoms with Gasteiger partial charge in [0.05, 0.1) is 6.04 Å². The molecule has 1 aliphatic rings. The van der Waals surface area contributed by atoms with E-state index in [1.54, 1.807) is 24.3 Å². The highest BCUT2D eigenvalue weighted by molar-refractivity contribution is 6.30. The Morgan fingerprint density at radius 3 is 2.30 bits per heavy atom. The van der Waals surface area contributed by atoms with E-state index < -0.39 is 0 Å². The van der Waals surface area contributed by atoms with Crippen LogP contribution >= 0.6 is 11.6 Å². The molecule has 1 unspecified atom stereocenters. The average Bonchev–Trinajstić information content (AvgIpc) is 3.22. The zero-order chi connectivity index (χ0) is 19.1. The van der Waals surface area contributed by atoms with Crippen LogP contribution in [0.5, 0.6) is 0 Å². The summed E-state index contributed by atoms with van der Waals surface area (Å²) >= 11 is 5.84. The quantitative estimate of drug-likeness (QED) is 0.692. The van der Waals surface area contributed by atoms with E-state index in [-0.39, 0.29) is 30.6 Å². The van der Waals surface area contributed by atoms with Gasteiger partial charge in [0.15, 0.2) is 5.78 Å². The molecular weight excluding hydrogens is 360 g/mol. The number of halogens is 1. The molecule has 142 valence electrons. The summed E-state index contributed by atoms with van der Waals surface area (Å²) in [7, 11) is 0. The summed E-state index contributed by atoms with van der Waals surface area (Å²) in [4.78, 5) is 26.9. The maximum Gasteiger partial charge on any atom is 0.220 e. The first-order valence-corrected chi connectivity index (χ1v) is 9.86. The Morgan fingerprint density at radius 2 is 1.63 bits per heavy atom. The molecule has 3 rings (SSSR count). The monoisotopic (exact) mass is 384 g/mol. The molecule has 4 nitrogen and oxygen atoms in total. The van der Waals surface area contributed by atoms with Crippen molar-refractivity contribution in [2.45, 2.75) is 31.7 Å². The summed E-state index contributed by atoms with van der Waals surface area (Å²) in [6.07, 6.45) is 2.80. The van der Waals surface area contributed by atoms with Crippen LogP contribution in [-0.2, 0) is 4.79 Å². The van der Waals surface area contributed by atoms with Crippen LogP contribution in [0.2, 0.25) is 5.02 Å². The predicted molar refractivity (Wildman–Crippen MR) is 108 cm³/mol. The van der Waals surface area contributed by atoms with Crippen molar-refractivity contribution in [3.8, 4) is 0 Å². The number of carbonyl (C=O) groups is 2. The van der Waals surface area contributed by atoms with E-state index in [9.17, 15) is 9.59 Å². The van der Waals surface area contributed by atoms with Crippen molar-refractivity contribution >= 4 is 23.3 Å². The number of rotatable bonds is 8. The van der Waals surface area contributed by atoms with Gasteiger partial charge in [-0.1, -0.05) is 41.9 Å². The standard InChI is InChI=1S/C22H25ClN2O2/c23-19-10-8-18(9-11-19)21(26)12-13-22(27)24-16-20(25-14-4-5-15-25)17-6-2-1-3-7-17/h1-3,6-11,20H,4-5,12-16H2,(H,24,27). The highest BCUT2D eigenvalue weighted by Crippen LogP contribution is 2.24. The number of amides is 1. The molecule has 1 aliphatic heterocycles. The van der Waals surface area contributed by atoms with E-state index >= 15 is 0 Å². The van der Waals surface area contributed by atoms with Gasteiger partial charge in [0.1, 0.15) is 0 Å². The lowest BCUT2D eigenvalue weighted by Crippen LogP contribution is -2.36. The summed E-state index contributed by atoms with van der Waals surface area (Å²) in [5.41, 5.74) is 1.81. The first kappa shape index (κ1) is 19.6. The van der Waals surface area contributed by atoms with Crippen molar-refractivity contribution in [1.82, 2.24) is 10.2 Å². The number of benzene rings is 2. The van der Waals surface area contributed by atoms with Gasteiger partial charge in [-0.2, -0.15) is 0 Å². The molecule has 0 saturated carbocycles. The van der Waals surface area contributed by atoms with Crippen LogP contribution in [0.15, 0.2) is 54.6 Å². The molecule has 0 radical (unpaired) electrons. The summed E-state index contributed by atoms with van der Waals surface area (Å²) in [6.45, 7) is 2.69. The summed E-state index contributed by atoms with van der Waals surface area (Å²) in [5, 5.41) is 3.62. The third kappa shape index (κ3) is 5.65. The zero-order valence-corrected chi connectivity index (χ0v) is 16.1. The lowest BCUT2D eigenvalue weighted by molar-refractivity contribution is -0.121. The number of hydrogen-bond acceptors (Lipinski definition) is 3. The average molecular weight is 385 g/mol. The van der Waals surface area contributed by atoms with Gasteiger partial charge in [-0.15, -0.1) is 0 Å². The SMILES string of the molecule is O=C(CCC(=O)c1ccc(Cl)cc1)NCC(c1ccccc1)N1CCCC1. The van der Waals surface area contributed by atoms with Gasteiger partial charge in [-0.3, -0.25) is 14.5 Å². The Bertz CT molecular complexity index is 756. The number of ketones is 1. The van der Waals surface area contributed by atoms with Crippen molar-refractivity contribution in [2.24, 2.45) is 0 Å².